The number of pyridine rings is 1. The Morgan fingerprint density at radius 2 is 2.06 bits per heavy atom. The maximum absolute atomic E-state index is 12.1. The molecule has 1 aromatic carbocycles. The highest BCUT2D eigenvalue weighted by Gasteiger charge is 2.09. The molecular weight excluding hydrogens is 248 g/mol. The van der Waals surface area contributed by atoms with E-state index in [9.17, 15) is 8.78 Å². The van der Waals surface area contributed by atoms with Crippen molar-refractivity contribution in [2.75, 3.05) is 6.61 Å². The number of rotatable bonds is 4. The largest absolute Gasteiger partial charge is 0.471 e. The maximum Gasteiger partial charge on any atom is 0.272 e. The van der Waals surface area contributed by atoms with Gasteiger partial charge in [0.1, 0.15) is 0 Å². The van der Waals surface area contributed by atoms with E-state index in [1.54, 1.807) is 12.1 Å². The monoisotopic (exact) mass is 257 g/mol. The van der Waals surface area contributed by atoms with Crippen molar-refractivity contribution in [1.82, 2.24) is 4.98 Å². The van der Waals surface area contributed by atoms with Crippen LogP contribution in [-0.4, -0.2) is 18.0 Å². The first-order chi connectivity index (χ1) is 8.20. The molecule has 0 spiro atoms. The minimum absolute atomic E-state index is 0.207. The number of aromatic nitrogens is 1. The van der Waals surface area contributed by atoms with E-state index in [0.29, 0.717) is 11.1 Å². The van der Waals surface area contributed by atoms with Gasteiger partial charge in [0.15, 0.2) is 6.61 Å². The Hall–Kier alpha value is -1.42. The summed E-state index contributed by atoms with van der Waals surface area (Å²) in [6.07, 6.45) is -2.52. The minimum atomic E-state index is -2.52. The lowest BCUT2D eigenvalue weighted by Gasteiger charge is -2.09. The van der Waals surface area contributed by atoms with Crippen LogP contribution in [0.4, 0.5) is 8.78 Å². The fraction of sp³-hybridized carbons (Fsp3) is 0.250. The van der Waals surface area contributed by atoms with Gasteiger partial charge in [0.2, 0.25) is 5.88 Å². The molecule has 0 N–H and O–H groups in total. The van der Waals surface area contributed by atoms with Gasteiger partial charge in [0.05, 0.1) is 11.6 Å². The zero-order chi connectivity index (χ0) is 12.3. The maximum atomic E-state index is 12.1. The van der Waals surface area contributed by atoms with E-state index in [1.807, 2.05) is 18.2 Å². The third-order valence-corrected chi connectivity index (χ3v) is 2.52. The SMILES string of the molecule is FC(F)COc1nc(CCl)cc2ccccc12. The van der Waals surface area contributed by atoms with Crippen LogP contribution in [0.5, 0.6) is 5.88 Å². The van der Waals surface area contributed by atoms with E-state index >= 15 is 0 Å². The molecule has 0 atom stereocenters. The number of halogens is 3. The van der Waals surface area contributed by atoms with Crippen molar-refractivity contribution in [2.24, 2.45) is 0 Å². The highest BCUT2D eigenvalue weighted by atomic mass is 35.5. The number of fused-ring (bicyclic) bond motifs is 1. The average molecular weight is 258 g/mol. The lowest BCUT2D eigenvalue weighted by molar-refractivity contribution is 0.0804. The summed E-state index contributed by atoms with van der Waals surface area (Å²) in [6.45, 7) is -0.664. The van der Waals surface area contributed by atoms with E-state index in [4.69, 9.17) is 16.3 Å². The predicted octanol–water partition coefficient (Wildman–Crippen LogP) is 3.62. The summed E-state index contributed by atoms with van der Waals surface area (Å²) in [5.74, 6) is 0.426. The van der Waals surface area contributed by atoms with Crippen molar-refractivity contribution in [3.8, 4) is 5.88 Å². The molecule has 0 saturated carbocycles. The summed E-state index contributed by atoms with van der Waals surface area (Å²) < 4.78 is 29.3. The van der Waals surface area contributed by atoms with Crippen molar-refractivity contribution in [3.63, 3.8) is 0 Å². The molecule has 0 unspecified atom stereocenters. The van der Waals surface area contributed by atoms with Crippen LogP contribution in [0, 0.1) is 0 Å². The van der Waals surface area contributed by atoms with E-state index in [0.717, 1.165) is 5.39 Å². The fourth-order valence-electron chi connectivity index (χ4n) is 1.54. The van der Waals surface area contributed by atoms with E-state index < -0.39 is 13.0 Å². The topological polar surface area (TPSA) is 22.1 Å². The molecule has 0 aliphatic carbocycles. The second-order valence-electron chi connectivity index (χ2n) is 3.48. The number of hydrogen-bond donors (Lipinski definition) is 0. The Labute approximate surface area is 102 Å². The van der Waals surface area contributed by atoms with Gasteiger partial charge >= 0.3 is 0 Å². The molecule has 17 heavy (non-hydrogen) atoms. The second-order valence-corrected chi connectivity index (χ2v) is 3.74. The standard InChI is InChI=1S/C12H10ClF2NO/c13-6-9-5-8-3-1-2-4-10(8)12(16-9)17-7-11(14)15/h1-5,11H,6-7H2. The van der Waals surface area contributed by atoms with Gasteiger partial charge in [0.25, 0.3) is 6.43 Å². The summed E-state index contributed by atoms with van der Waals surface area (Å²) in [4.78, 5) is 4.10. The van der Waals surface area contributed by atoms with Gasteiger partial charge in [-0.15, -0.1) is 11.6 Å². The van der Waals surface area contributed by atoms with E-state index in [1.165, 1.54) is 0 Å². The van der Waals surface area contributed by atoms with Gasteiger partial charge in [-0.05, 0) is 17.5 Å². The van der Waals surface area contributed by atoms with Crippen LogP contribution in [0.3, 0.4) is 0 Å². The molecule has 0 radical (unpaired) electrons. The smallest absolute Gasteiger partial charge is 0.272 e. The van der Waals surface area contributed by atoms with Gasteiger partial charge in [-0.3, -0.25) is 0 Å². The number of benzene rings is 1. The van der Waals surface area contributed by atoms with Crippen LogP contribution in [0.2, 0.25) is 0 Å². The predicted molar refractivity (Wildman–Crippen MR) is 62.8 cm³/mol. The number of alkyl halides is 3. The van der Waals surface area contributed by atoms with Crippen molar-refractivity contribution in [2.45, 2.75) is 12.3 Å². The molecule has 2 nitrogen and oxygen atoms in total. The Balaban J connectivity index is 2.43. The summed E-state index contributed by atoms with van der Waals surface area (Å²) in [5, 5.41) is 1.59. The molecule has 0 bridgehead atoms. The highest BCUT2D eigenvalue weighted by Crippen LogP contribution is 2.25. The summed E-state index contributed by atoms with van der Waals surface area (Å²) in [5.41, 5.74) is 0.606. The summed E-state index contributed by atoms with van der Waals surface area (Å²) in [6, 6.07) is 9.12. The zero-order valence-electron chi connectivity index (χ0n) is 8.87. The number of hydrogen-bond acceptors (Lipinski definition) is 2. The fourth-order valence-corrected chi connectivity index (χ4v) is 1.68. The van der Waals surface area contributed by atoms with Gasteiger partial charge in [-0.1, -0.05) is 18.2 Å². The molecular formula is C12H10ClF2NO. The Kier molecular flexibility index (Phi) is 3.74. The third kappa shape index (κ3) is 2.82. The molecule has 2 aromatic rings. The van der Waals surface area contributed by atoms with Crippen LogP contribution in [0.25, 0.3) is 10.8 Å². The first-order valence-corrected chi connectivity index (χ1v) is 5.59. The van der Waals surface area contributed by atoms with Crippen molar-refractivity contribution in [1.29, 1.82) is 0 Å². The lowest BCUT2D eigenvalue weighted by atomic mass is 10.1. The summed E-state index contributed by atoms with van der Waals surface area (Å²) >= 11 is 5.70. The summed E-state index contributed by atoms with van der Waals surface area (Å²) in [7, 11) is 0. The molecule has 0 saturated heterocycles. The zero-order valence-corrected chi connectivity index (χ0v) is 9.62. The Morgan fingerprint density at radius 1 is 1.29 bits per heavy atom. The molecule has 90 valence electrons. The molecule has 1 aromatic heterocycles. The molecule has 1 heterocycles. The van der Waals surface area contributed by atoms with Gasteiger partial charge in [-0.2, -0.15) is 0 Å². The minimum Gasteiger partial charge on any atom is -0.471 e. The molecule has 5 heteroatoms. The second kappa shape index (κ2) is 5.27. The first kappa shape index (κ1) is 12.0. The van der Waals surface area contributed by atoms with Gasteiger partial charge in [-0.25, -0.2) is 13.8 Å². The highest BCUT2D eigenvalue weighted by molar-refractivity contribution is 6.17. The average Bonchev–Trinajstić information content (AvgIpc) is 2.35. The van der Waals surface area contributed by atoms with Crippen molar-refractivity contribution < 1.29 is 13.5 Å². The van der Waals surface area contributed by atoms with E-state index in [-0.39, 0.29) is 11.8 Å². The molecule has 0 aliphatic heterocycles. The van der Waals surface area contributed by atoms with Crippen LogP contribution in [0.1, 0.15) is 5.69 Å². The lowest BCUT2D eigenvalue weighted by Crippen LogP contribution is -2.08. The number of nitrogens with zero attached hydrogens (tertiary/aromatic N) is 1. The molecule has 0 fully saturated rings. The molecule has 0 amide bonds. The third-order valence-electron chi connectivity index (χ3n) is 2.24. The van der Waals surface area contributed by atoms with E-state index in [2.05, 4.69) is 4.98 Å². The number of ether oxygens (including phenoxy) is 1. The molecule has 0 aliphatic rings. The Bertz CT molecular complexity index is 519. The van der Waals surface area contributed by atoms with Crippen LogP contribution in [-0.2, 0) is 5.88 Å². The van der Waals surface area contributed by atoms with Crippen LogP contribution in [0.15, 0.2) is 30.3 Å². The van der Waals surface area contributed by atoms with Gasteiger partial charge < -0.3 is 4.74 Å². The van der Waals surface area contributed by atoms with Crippen molar-refractivity contribution >= 4 is 22.4 Å². The quantitative estimate of drug-likeness (QED) is 0.781. The van der Waals surface area contributed by atoms with Crippen molar-refractivity contribution in [3.05, 3.63) is 36.0 Å². The molecule has 2 rings (SSSR count). The first-order valence-electron chi connectivity index (χ1n) is 5.06. The Morgan fingerprint density at radius 3 is 2.76 bits per heavy atom. The van der Waals surface area contributed by atoms with Crippen LogP contribution < -0.4 is 4.74 Å². The normalized spacial score (nSPS) is 11.1. The van der Waals surface area contributed by atoms with Gasteiger partial charge in [0, 0.05) is 5.39 Å². The van der Waals surface area contributed by atoms with Crippen LogP contribution >= 0.6 is 11.6 Å².